The van der Waals surface area contributed by atoms with Gasteiger partial charge in [0.25, 0.3) is 0 Å². The van der Waals surface area contributed by atoms with Crippen LogP contribution in [0, 0.1) is 0 Å². The summed E-state index contributed by atoms with van der Waals surface area (Å²) in [6, 6.07) is 15.1. The van der Waals surface area contributed by atoms with E-state index in [1.165, 1.54) is 133 Å². The molecule has 0 saturated carbocycles. The third-order valence-corrected chi connectivity index (χ3v) is 10.8. The maximum atomic E-state index is 7.04. The monoisotopic (exact) mass is 623 g/mol. The molecule has 2 aliphatic heterocycles. The molecule has 2 aromatic carbocycles. The Morgan fingerprint density at radius 3 is 1.83 bits per heavy atom. The van der Waals surface area contributed by atoms with Gasteiger partial charge in [0.1, 0.15) is 11.4 Å². The van der Waals surface area contributed by atoms with Gasteiger partial charge in [0.2, 0.25) is 5.72 Å². The second-order valence-corrected chi connectivity index (χ2v) is 14.6. The smallest absolute Gasteiger partial charge is 0.228 e. The number of benzene rings is 2. The molecule has 0 radical (unpaired) electrons. The number of ether oxygens (including phenoxy) is 1. The van der Waals surface area contributed by atoms with Crippen molar-refractivity contribution in [2.75, 3.05) is 11.4 Å². The molecule has 46 heavy (non-hydrogen) atoms. The number of aliphatic imine (C=N–C) groups is 1. The lowest BCUT2D eigenvalue weighted by molar-refractivity contribution is 0.0774. The summed E-state index contributed by atoms with van der Waals surface area (Å²) in [6.07, 6.45) is 33.9. The molecule has 0 fully saturated rings. The van der Waals surface area contributed by atoms with Crippen molar-refractivity contribution in [3.8, 4) is 5.75 Å². The molecule has 4 nitrogen and oxygen atoms in total. The fourth-order valence-corrected chi connectivity index (χ4v) is 7.86. The Hall–Kier alpha value is -2.88. The maximum absolute atomic E-state index is 7.04. The van der Waals surface area contributed by atoms with E-state index in [1.807, 2.05) is 18.5 Å². The summed E-state index contributed by atoms with van der Waals surface area (Å²) in [6.45, 7) is 7.89. The van der Waals surface area contributed by atoms with Crippen molar-refractivity contribution in [3.63, 3.8) is 0 Å². The SMILES string of the molecule is CCCCCCCCCCCCCCCCCCCCCCN1c2ccccc2C(C)(C)C12C=Nc1c(ccc3ccncc13)O2. The Labute approximate surface area is 280 Å². The van der Waals surface area contributed by atoms with Crippen LogP contribution in [-0.2, 0) is 5.41 Å². The highest BCUT2D eigenvalue weighted by atomic mass is 16.5. The van der Waals surface area contributed by atoms with Gasteiger partial charge in [-0.25, -0.2) is 0 Å². The summed E-state index contributed by atoms with van der Waals surface area (Å²) in [4.78, 5) is 11.9. The zero-order valence-electron chi connectivity index (χ0n) is 29.4. The molecule has 0 amide bonds. The fourth-order valence-electron chi connectivity index (χ4n) is 7.86. The first-order chi connectivity index (χ1) is 22.6. The van der Waals surface area contributed by atoms with Crippen LogP contribution in [0.1, 0.15) is 155 Å². The second-order valence-electron chi connectivity index (χ2n) is 14.6. The van der Waals surface area contributed by atoms with E-state index in [-0.39, 0.29) is 5.41 Å². The highest BCUT2D eigenvalue weighted by Gasteiger charge is 2.59. The van der Waals surface area contributed by atoms with Crippen molar-refractivity contribution in [1.29, 1.82) is 0 Å². The molecule has 1 atom stereocenters. The van der Waals surface area contributed by atoms with Gasteiger partial charge in [0.15, 0.2) is 0 Å². The standard InChI is InChI=1S/C42H61N3O/c1-4-5-6-7-8-9-10-11-12-13-14-15-16-17-18-19-20-21-22-25-32-45-38-27-24-23-26-37(38)41(2,3)42(45)34-44-40-36-33-43-31-30-35(36)28-29-39(40)46-42/h23-24,26-31,33-34H,4-22,25,32H2,1-3H3. The Morgan fingerprint density at radius 2 is 1.22 bits per heavy atom. The van der Waals surface area contributed by atoms with Crippen molar-refractivity contribution in [3.05, 3.63) is 60.4 Å². The van der Waals surface area contributed by atoms with Gasteiger partial charge in [0.05, 0.1) is 11.6 Å². The van der Waals surface area contributed by atoms with Gasteiger partial charge in [-0.1, -0.05) is 153 Å². The Kier molecular flexibility index (Phi) is 13.0. The third kappa shape index (κ3) is 8.15. The van der Waals surface area contributed by atoms with Gasteiger partial charge in [-0.15, -0.1) is 0 Å². The number of hydrogen-bond acceptors (Lipinski definition) is 4. The van der Waals surface area contributed by atoms with Gasteiger partial charge in [-0.05, 0) is 49.4 Å². The van der Waals surface area contributed by atoms with Crippen molar-refractivity contribution in [1.82, 2.24) is 4.98 Å². The second kappa shape index (κ2) is 17.3. The number of unbranched alkanes of at least 4 members (excludes halogenated alkanes) is 19. The quantitative estimate of drug-likeness (QED) is 0.111. The summed E-state index contributed by atoms with van der Waals surface area (Å²) < 4.78 is 7.04. The van der Waals surface area contributed by atoms with Crippen molar-refractivity contribution in [2.24, 2.45) is 4.99 Å². The van der Waals surface area contributed by atoms with Crippen LogP contribution in [0.25, 0.3) is 10.8 Å². The highest BCUT2D eigenvalue weighted by Crippen LogP contribution is 2.54. The van der Waals surface area contributed by atoms with Crippen LogP contribution in [0.3, 0.4) is 0 Å². The number of hydrogen-bond donors (Lipinski definition) is 0. The molecule has 5 rings (SSSR count). The Balaban J connectivity index is 0.994. The lowest BCUT2D eigenvalue weighted by Crippen LogP contribution is -2.62. The van der Waals surface area contributed by atoms with E-state index in [4.69, 9.17) is 9.73 Å². The predicted octanol–water partition coefficient (Wildman–Crippen LogP) is 12.6. The van der Waals surface area contributed by atoms with E-state index in [1.54, 1.807) is 0 Å². The molecule has 1 unspecified atom stereocenters. The molecular formula is C42H61N3O. The number of nitrogens with zero attached hydrogens (tertiary/aromatic N) is 3. The minimum atomic E-state index is -0.645. The summed E-state index contributed by atoms with van der Waals surface area (Å²) in [5.41, 5.74) is 2.61. The van der Waals surface area contributed by atoms with E-state index >= 15 is 0 Å². The average Bonchev–Trinajstić information content (AvgIpc) is 3.25. The van der Waals surface area contributed by atoms with Crippen LogP contribution < -0.4 is 9.64 Å². The molecule has 0 saturated heterocycles. The van der Waals surface area contributed by atoms with Crippen LogP contribution in [0.5, 0.6) is 5.75 Å². The zero-order valence-corrected chi connectivity index (χ0v) is 29.4. The van der Waals surface area contributed by atoms with Crippen molar-refractivity contribution >= 4 is 28.4 Å². The predicted molar refractivity (Wildman–Crippen MR) is 198 cm³/mol. The third-order valence-electron chi connectivity index (χ3n) is 10.8. The van der Waals surface area contributed by atoms with Crippen LogP contribution in [0.15, 0.2) is 59.9 Å². The largest absolute Gasteiger partial charge is 0.459 e. The molecule has 1 spiro atoms. The van der Waals surface area contributed by atoms with E-state index in [2.05, 4.69) is 73.3 Å². The van der Waals surface area contributed by atoms with Crippen molar-refractivity contribution < 1.29 is 4.74 Å². The topological polar surface area (TPSA) is 37.7 Å². The molecule has 0 N–H and O–H groups in total. The van der Waals surface area contributed by atoms with Crippen LogP contribution in [-0.4, -0.2) is 23.5 Å². The molecule has 0 bridgehead atoms. The minimum absolute atomic E-state index is 0.248. The first-order valence-electron chi connectivity index (χ1n) is 19.1. The Morgan fingerprint density at radius 1 is 0.652 bits per heavy atom. The van der Waals surface area contributed by atoms with Gasteiger partial charge < -0.3 is 9.64 Å². The van der Waals surface area contributed by atoms with E-state index in [0.717, 1.165) is 35.2 Å². The highest BCUT2D eigenvalue weighted by molar-refractivity contribution is 5.99. The number of rotatable bonds is 21. The molecule has 4 heteroatoms. The molecule has 2 aliphatic rings. The van der Waals surface area contributed by atoms with E-state index in [0.29, 0.717) is 0 Å². The fraction of sp³-hybridized carbons (Fsp3) is 0.619. The summed E-state index contributed by atoms with van der Waals surface area (Å²) >= 11 is 0. The van der Waals surface area contributed by atoms with Gasteiger partial charge in [-0.2, -0.15) is 0 Å². The number of fused-ring (bicyclic) bond motifs is 4. The molecule has 3 heterocycles. The normalized spacial score (nSPS) is 17.8. The minimum Gasteiger partial charge on any atom is -0.459 e. The van der Waals surface area contributed by atoms with E-state index in [9.17, 15) is 0 Å². The van der Waals surface area contributed by atoms with Crippen molar-refractivity contribution in [2.45, 2.75) is 160 Å². The summed E-state index contributed by atoms with van der Waals surface area (Å²) in [5.74, 6) is 0.845. The number of anilines is 1. The Bertz CT molecular complexity index is 1380. The summed E-state index contributed by atoms with van der Waals surface area (Å²) in [7, 11) is 0. The van der Waals surface area contributed by atoms with E-state index < -0.39 is 5.72 Å². The average molecular weight is 624 g/mol. The number of aromatic nitrogens is 1. The number of pyridine rings is 1. The van der Waals surface area contributed by atoms with Gasteiger partial charge in [-0.3, -0.25) is 9.98 Å². The molecule has 1 aromatic heterocycles. The van der Waals surface area contributed by atoms with Crippen LogP contribution in [0.4, 0.5) is 11.4 Å². The van der Waals surface area contributed by atoms with Gasteiger partial charge >= 0.3 is 0 Å². The van der Waals surface area contributed by atoms with Crippen LogP contribution in [0.2, 0.25) is 0 Å². The lowest BCUT2D eigenvalue weighted by atomic mass is 9.77. The molecule has 3 aromatic rings. The molecular weight excluding hydrogens is 562 g/mol. The van der Waals surface area contributed by atoms with Crippen LogP contribution >= 0.6 is 0 Å². The maximum Gasteiger partial charge on any atom is 0.228 e. The first-order valence-corrected chi connectivity index (χ1v) is 19.1. The first kappa shape index (κ1) is 34.5. The molecule has 250 valence electrons. The zero-order chi connectivity index (χ0) is 32.1. The summed E-state index contributed by atoms with van der Waals surface area (Å²) in [5, 5.41) is 2.18. The lowest BCUT2D eigenvalue weighted by Gasteiger charge is -2.46. The van der Waals surface area contributed by atoms with Gasteiger partial charge in [0, 0.05) is 30.0 Å². The molecule has 0 aliphatic carbocycles. The number of para-hydroxylation sites is 1.